The topological polar surface area (TPSA) is 44.6 Å². The largest absolute Gasteiger partial charge is 0.416 e. The first kappa shape index (κ1) is 25.6. The Morgan fingerprint density at radius 1 is 1.03 bits per heavy atom. The highest BCUT2D eigenvalue weighted by Crippen LogP contribution is 2.32. The molecule has 2 fully saturated rings. The van der Waals surface area contributed by atoms with Crippen molar-refractivity contribution < 1.29 is 18.0 Å². The number of halogens is 3. The average Bonchev–Trinajstić information content (AvgIpc) is 3.26. The Kier molecular flexibility index (Phi) is 7.16. The smallest absolute Gasteiger partial charge is 0.368 e. The van der Waals surface area contributed by atoms with Gasteiger partial charge in [-0.2, -0.15) is 13.2 Å². The maximum absolute atomic E-state index is 13.4. The summed E-state index contributed by atoms with van der Waals surface area (Å²) in [7, 11) is 0. The van der Waals surface area contributed by atoms with Crippen LogP contribution in [0.4, 0.5) is 18.9 Å². The zero-order chi connectivity index (χ0) is 26.2. The molecule has 1 amide bonds. The molecule has 1 aromatic heterocycles. The molecule has 37 heavy (non-hydrogen) atoms. The molecule has 5 rings (SSSR count). The van der Waals surface area contributed by atoms with Gasteiger partial charge in [0.15, 0.2) is 0 Å². The second kappa shape index (κ2) is 10.4. The predicted octanol–water partition coefficient (Wildman–Crippen LogP) is 5.20. The Balaban J connectivity index is 1.21. The molecule has 2 aromatic carbocycles. The van der Waals surface area contributed by atoms with E-state index in [2.05, 4.69) is 29.4 Å². The van der Waals surface area contributed by atoms with E-state index in [1.54, 1.807) is 6.07 Å². The van der Waals surface area contributed by atoms with Crippen molar-refractivity contribution in [3.8, 4) is 0 Å². The number of piperidine rings is 1. The molecule has 0 saturated carbocycles. The molecule has 6 nitrogen and oxygen atoms in total. The Morgan fingerprint density at radius 3 is 2.51 bits per heavy atom. The first-order valence-electron chi connectivity index (χ1n) is 13.1. The summed E-state index contributed by atoms with van der Waals surface area (Å²) in [6.45, 7) is 8.79. The summed E-state index contributed by atoms with van der Waals surface area (Å²) < 4.78 is 41.6. The number of hydrogen-bond donors (Lipinski definition) is 0. The molecule has 2 aliphatic heterocycles. The van der Waals surface area contributed by atoms with E-state index in [0.717, 1.165) is 42.3 Å². The van der Waals surface area contributed by atoms with Crippen LogP contribution in [0.5, 0.6) is 0 Å². The number of piperazine rings is 1. The lowest BCUT2D eigenvalue weighted by Gasteiger charge is -2.39. The SMILES string of the molecule is CC(C)n1c(CN2CCC[C@H](C(=O)N3CCN(c4cccc(C(F)(F)F)c4)CC3)C2)nc2ccccc21. The van der Waals surface area contributed by atoms with Gasteiger partial charge < -0.3 is 14.4 Å². The standard InChI is InChI=1S/C28H34F3N5O/c1-20(2)36-25-11-4-3-10-24(25)32-26(36)19-33-12-6-7-21(18-33)27(37)35-15-13-34(14-16-35)23-9-5-8-22(17-23)28(29,30)31/h3-5,8-11,17,20-21H,6-7,12-16,18-19H2,1-2H3/t21-/m0/s1. The molecule has 3 heterocycles. The third-order valence-electron chi connectivity index (χ3n) is 7.54. The molecule has 198 valence electrons. The lowest BCUT2D eigenvalue weighted by Crippen LogP contribution is -2.52. The third kappa shape index (κ3) is 5.46. The number of alkyl halides is 3. The van der Waals surface area contributed by atoms with Crippen LogP contribution in [0.2, 0.25) is 0 Å². The molecule has 2 aliphatic rings. The number of amides is 1. The number of para-hydroxylation sites is 2. The Hall–Kier alpha value is -3.07. The number of hydrogen-bond acceptors (Lipinski definition) is 4. The van der Waals surface area contributed by atoms with E-state index in [-0.39, 0.29) is 17.9 Å². The van der Waals surface area contributed by atoms with Gasteiger partial charge in [-0.1, -0.05) is 18.2 Å². The molecule has 0 bridgehead atoms. The van der Waals surface area contributed by atoms with E-state index in [0.29, 0.717) is 45.0 Å². The fourth-order valence-electron chi connectivity index (χ4n) is 5.70. The molecule has 1 atom stereocenters. The maximum atomic E-state index is 13.4. The molecular formula is C28H34F3N5O. The Bertz CT molecular complexity index is 1250. The monoisotopic (exact) mass is 513 g/mol. The number of carbonyl (C=O) groups excluding carboxylic acids is 1. The van der Waals surface area contributed by atoms with Gasteiger partial charge in [-0.25, -0.2) is 4.98 Å². The van der Waals surface area contributed by atoms with Gasteiger partial charge in [0.25, 0.3) is 0 Å². The highest BCUT2D eigenvalue weighted by Gasteiger charge is 2.33. The molecule has 3 aromatic rings. The summed E-state index contributed by atoms with van der Waals surface area (Å²) in [5.41, 5.74) is 2.04. The van der Waals surface area contributed by atoms with Gasteiger partial charge in [0.1, 0.15) is 5.82 Å². The normalized spacial score (nSPS) is 19.7. The fourth-order valence-corrected chi connectivity index (χ4v) is 5.70. The second-order valence-electron chi connectivity index (χ2n) is 10.4. The summed E-state index contributed by atoms with van der Waals surface area (Å²) in [6.07, 6.45) is -2.54. The van der Waals surface area contributed by atoms with Crippen LogP contribution >= 0.6 is 0 Å². The number of carbonyl (C=O) groups is 1. The van der Waals surface area contributed by atoms with Crippen molar-refractivity contribution in [1.29, 1.82) is 0 Å². The van der Waals surface area contributed by atoms with Gasteiger partial charge >= 0.3 is 6.18 Å². The van der Waals surface area contributed by atoms with Crippen molar-refractivity contribution >= 4 is 22.6 Å². The summed E-state index contributed by atoms with van der Waals surface area (Å²) in [4.78, 5) is 24.5. The van der Waals surface area contributed by atoms with Gasteiger partial charge in [-0.15, -0.1) is 0 Å². The number of imidazole rings is 1. The van der Waals surface area contributed by atoms with Crippen molar-refractivity contribution in [2.45, 2.75) is 45.5 Å². The molecule has 0 unspecified atom stereocenters. The molecule has 0 aliphatic carbocycles. The molecule has 0 radical (unpaired) electrons. The van der Waals surface area contributed by atoms with Crippen LogP contribution in [-0.4, -0.2) is 64.5 Å². The van der Waals surface area contributed by atoms with Gasteiger partial charge in [0.05, 0.1) is 29.1 Å². The number of rotatable bonds is 5. The quantitative estimate of drug-likeness (QED) is 0.471. The van der Waals surface area contributed by atoms with E-state index >= 15 is 0 Å². The summed E-state index contributed by atoms with van der Waals surface area (Å²) in [5, 5.41) is 0. The maximum Gasteiger partial charge on any atom is 0.416 e. The van der Waals surface area contributed by atoms with Crippen molar-refractivity contribution in [3.05, 3.63) is 59.9 Å². The van der Waals surface area contributed by atoms with E-state index in [1.165, 1.54) is 12.1 Å². The highest BCUT2D eigenvalue weighted by molar-refractivity contribution is 5.79. The number of likely N-dealkylation sites (tertiary alicyclic amines) is 1. The van der Waals surface area contributed by atoms with E-state index in [4.69, 9.17) is 4.98 Å². The zero-order valence-corrected chi connectivity index (χ0v) is 21.4. The van der Waals surface area contributed by atoms with Gasteiger partial charge in [0.2, 0.25) is 5.91 Å². The predicted molar refractivity (Wildman–Crippen MR) is 138 cm³/mol. The van der Waals surface area contributed by atoms with Crippen LogP contribution in [-0.2, 0) is 17.5 Å². The summed E-state index contributed by atoms with van der Waals surface area (Å²) in [5.74, 6) is 1.12. The molecular weight excluding hydrogens is 479 g/mol. The van der Waals surface area contributed by atoms with E-state index < -0.39 is 11.7 Å². The summed E-state index contributed by atoms with van der Waals surface area (Å²) in [6, 6.07) is 13.9. The van der Waals surface area contributed by atoms with E-state index in [9.17, 15) is 18.0 Å². The van der Waals surface area contributed by atoms with Crippen LogP contribution < -0.4 is 4.90 Å². The van der Waals surface area contributed by atoms with Crippen molar-refractivity contribution in [3.63, 3.8) is 0 Å². The third-order valence-corrected chi connectivity index (χ3v) is 7.54. The Labute approximate surface area is 215 Å². The van der Waals surface area contributed by atoms with Gasteiger partial charge in [-0.05, 0) is 63.6 Å². The fraction of sp³-hybridized carbons (Fsp3) is 0.500. The number of benzene rings is 2. The lowest BCUT2D eigenvalue weighted by atomic mass is 9.96. The minimum atomic E-state index is -4.36. The summed E-state index contributed by atoms with van der Waals surface area (Å²) >= 11 is 0. The lowest BCUT2D eigenvalue weighted by molar-refractivity contribution is -0.138. The minimum absolute atomic E-state index is 0.0641. The van der Waals surface area contributed by atoms with Crippen LogP contribution in [0.3, 0.4) is 0 Å². The number of anilines is 1. The van der Waals surface area contributed by atoms with Crippen molar-refractivity contribution in [2.75, 3.05) is 44.2 Å². The van der Waals surface area contributed by atoms with Crippen LogP contribution in [0.25, 0.3) is 11.0 Å². The second-order valence-corrected chi connectivity index (χ2v) is 10.4. The van der Waals surface area contributed by atoms with Crippen LogP contribution in [0.15, 0.2) is 48.5 Å². The van der Waals surface area contributed by atoms with Crippen molar-refractivity contribution in [2.24, 2.45) is 5.92 Å². The molecule has 9 heteroatoms. The van der Waals surface area contributed by atoms with Gasteiger partial charge in [-0.3, -0.25) is 9.69 Å². The zero-order valence-electron chi connectivity index (χ0n) is 21.4. The molecule has 0 N–H and O–H groups in total. The first-order valence-corrected chi connectivity index (χ1v) is 13.1. The number of nitrogens with zero attached hydrogens (tertiary/aromatic N) is 5. The first-order chi connectivity index (χ1) is 17.7. The molecule has 2 saturated heterocycles. The molecule has 0 spiro atoms. The highest BCUT2D eigenvalue weighted by atomic mass is 19.4. The van der Waals surface area contributed by atoms with Crippen molar-refractivity contribution in [1.82, 2.24) is 19.4 Å². The van der Waals surface area contributed by atoms with Crippen LogP contribution in [0.1, 0.15) is 44.1 Å². The Morgan fingerprint density at radius 2 is 1.78 bits per heavy atom. The van der Waals surface area contributed by atoms with Gasteiger partial charge in [0, 0.05) is 44.5 Å². The minimum Gasteiger partial charge on any atom is -0.368 e. The van der Waals surface area contributed by atoms with Crippen LogP contribution in [0, 0.1) is 5.92 Å². The number of fused-ring (bicyclic) bond motifs is 1. The number of aromatic nitrogens is 2. The van der Waals surface area contributed by atoms with E-state index in [1.807, 2.05) is 28.0 Å². The average molecular weight is 514 g/mol.